The number of hydrogen-bond acceptors (Lipinski definition) is 7. The topological polar surface area (TPSA) is 127 Å². The van der Waals surface area contributed by atoms with Crippen LogP contribution in [0.5, 0.6) is 5.75 Å². The molecule has 10 nitrogen and oxygen atoms in total. The zero-order valence-electron chi connectivity index (χ0n) is 23.9. The summed E-state index contributed by atoms with van der Waals surface area (Å²) in [5.74, 6) is 0.966. The van der Waals surface area contributed by atoms with Crippen molar-refractivity contribution in [2.75, 3.05) is 17.2 Å². The summed E-state index contributed by atoms with van der Waals surface area (Å²) in [4.78, 5) is 37.7. The average molecular weight is 575 g/mol. The van der Waals surface area contributed by atoms with Crippen LogP contribution >= 0.6 is 0 Å². The second-order valence-corrected chi connectivity index (χ2v) is 10.2. The van der Waals surface area contributed by atoms with Crippen molar-refractivity contribution in [2.24, 2.45) is 0 Å². The van der Waals surface area contributed by atoms with Gasteiger partial charge in [-0.3, -0.25) is 4.98 Å². The van der Waals surface area contributed by atoms with Crippen molar-refractivity contribution in [3.63, 3.8) is 0 Å². The minimum atomic E-state index is -4.75. The molecule has 0 radical (unpaired) electrons. The second kappa shape index (κ2) is 12.4. The lowest BCUT2D eigenvalue weighted by Crippen LogP contribution is -2.34. The highest BCUT2D eigenvalue weighted by Crippen LogP contribution is 2.36. The van der Waals surface area contributed by atoms with Gasteiger partial charge in [-0.1, -0.05) is 6.07 Å². The summed E-state index contributed by atoms with van der Waals surface area (Å²) < 4.78 is 52.4. The quantitative estimate of drug-likeness (QED) is 0.283. The maximum atomic E-state index is 13.9. The number of pyridine rings is 1. The van der Waals surface area contributed by atoms with Gasteiger partial charge in [0.1, 0.15) is 11.4 Å². The fraction of sp³-hybridized carbons (Fsp3) is 0.393. The Hall–Kier alpha value is -4.42. The van der Waals surface area contributed by atoms with E-state index < -0.39 is 35.5 Å². The van der Waals surface area contributed by atoms with Gasteiger partial charge in [0.05, 0.1) is 41.5 Å². The zero-order valence-corrected chi connectivity index (χ0v) is 23.9. The first-order valence-corrected chi connectivity index (χ1v) is 12.8. The molecule has 13 heteroatoms. The Kier molecular flexibility index (Phi) is 9.41. The molecule has 0 aliphatic carbocycles. The van der Waals surface area contributed by atoms with Crippen LogP contribution in [0.1, 0.15) is 63.2 Å². The fourth-order valence-corrected chi connectivity index (χ4v) is 3.77. The van der Waals surface area contributed by atoms with Gasteiger partial charge in [-0.25, -0.2) is 19.6 Å². The number of nitrogens with zero attached hydrogens (tertiary/aromatic N) is 3. The first kappa shape index (κ1) is 31.1. The molecule has 0 saturated carbocycles. The van der Waals surface area contributed by atoms with Gasteiger partial charge < -0.3 is 25.4 Å². The summed E-state index contributed by atoms with van der Waals surface area (Å²) in [5.41, 5.74) is -0.0881. The molecule has 3 N–H and O–H groups in total. The van der Waals surface area contributed by atoms with Gasteiger partial charge in [-0.15, -0.1) is 0 Å². The van der Waals surface area contributed by atoms with E-state index in [1.54, 1.807) is 40.0 Å². The van der Waals surface area contributed by atoms with Gasteiger partial charge in [-0.05, 0) is 72.2 Å². The molecule has 1 aromatic carbocycles. The van der Waals surface area contributed by atoms with Crippen molar-refractivity contribution in [3.8, 4) is 17.1 Å². The van der Waals surface area contributed by atoms with Crippen molar-refractivity contribution in [3.05, 3.63) is 59.2 Å². The summed E-state index contributed by atoms with van der Waals surface area (Å²) in [6.07, 6.45) is -2.60. The Morgan fingerprint density at radius 1 is 1.00 bits per heavy atom. The first-order valence-electron chi connectivity index (χ1n) is 12.8. The molecule has 0 aliphatic heterocycles. The van der Waals surface area contributed by atoms with Gasteiger partial charge in [0, 0.05) is 17.4 Å². The van der Waals surface area contributed by atoms with Crippen molar-refractivity contribution < 1.29 is 32.2 Å². The summed E-state index contributed by atoms with van der Waals surface area (Å²) >= 11 is 0. The molecule has 0 saturated heterocycles. The monoisotopic (exact) mass is 574 g/mol. The number of aryl methyl sites for hydroxylation is 2. The Morgan fingerprint density at radius 3 is 2.32 bits per heavy atom. The summed E-state index contributed by atoms with van der Waals surface area (Å²) in [7, 11) is 0. The highest BCUT2D eigenvalue weighted by Gasteiger charge is 2.35. The zero-order chi connectivity index (χ0) is 30.5. The van der Waals surface area contributed by atoms with Crippen LogP contribution in [-0.4, -0.2) is 39.3 Å². The standard InChI is InChI=1S/C28H33F3N6O4/c1-8-40-23-11-18(13-32-17(23)4)24-33-14-22(16(3)34-24)37-25(38)36-19-9-10-20(21(12-19)28(29,30)31)15(2)35-26(39)41-27(5,6)7/h9-15H,8H2,1-7H3,(H,35,39)(H2,36,37,38). The fourth-order valence-electron chi connectivity index (χ4n) is 3.77. The lowest BCUT2D eigenvalue weighted by molar-refractivity contribution is -0.138. The molecule has 0 aliphatic rings. The van der Waals surface area contributed by atoms with Gasteiger partial charge in [0.25, 0.3) is 0 Å². The van der Waals surface area contributed by atoms with E-state index in [2.05, 4.69) is 30.9 Å². The molecule has 3 rings (SSSR count). The minimum absolute atomic E-state index is 0.104. The Bertz CT molecular complexity index is 1420. The number of benzene rings is 1. The lowest BCUT2D eigenvalue weighted by Gasteiger charge is -2.24. The van der Waals surface area contributed by atoms with Crippen LogP contribution < -0.4 is 20.7 Å². The molecular formula is C28H33F3N6O4. The number of rotatable bonds is 7. The van der Waals surface area contributed by atoms with E-state index in [1.165, 1.54) is 25.3 Å². The largest absolute Gasteiger partial charge is 0.492 e. The predicted molar refractivity (Wildman–Crippen MR) is 148 cm³/mol. The molecule has 1 atom stereocenters. The van der Waals surface area contributed by atoms with Gasteiger partial charge in [0.2, 0.25) is 0 Å². The molecule has 41 heavy (non-hydrogen) atoms. The summed E-state index contributed by atoms with van der Waals surface area (Å²) in [6.45, 7) is 12.1. The smallest absolute Gasteiger partial charge is 0.416 e. The van der Waals surface area contributed by atoms with Crippen molar-refractivity contribution in [2.45, 2.75) is 66.3 Å². The van der Waals surface area contributed by atoms with Crippen LogP contribution in [0.25, 0.3) is 11.4 Å². The van der Waals surface area contributed by atoms with Gasteiger partial charge in [0.15, 0.2) is 5.82 Å². The number of aromatic nitrogens is 3. The molecule has 220 valence electrons. The number of carbonyl (C=O) groups excluding carboxylic acids is 2. The Balaban J connectivity index is 1.75. The van der Waals surface area contributed by atoms with E-state index >= 15 is 0 Å². The second-order valence-electron chi connectivity index (χ2n) is 10.2. The lowest BCUT2D eigenvalue weighted by atomic mass is 10.00. The van der Waals surface area contributed by atoms with Crippen molar-refractivity contribution in [1.82, 2.24) is 20.3 Å². The molecule has 0 fully saturated rings. The van der Waals surface area contributed by atoms with Gasteiger partial charge >= 0.3 is 18.3 Å². The number of ether oxygens (including phenoxy) is 2. The molecule has 2 heterocycles. The SMILES string of the molecule is CCOc1cc(-c2ncc(NC(=O)Nc3ccc(C(C)NC(=O)OC(C)(C)C)c(C(F)(F)F)c3)c(C)n2)cnc1C. The highest BCUT2D eigenvalue weighted by molar-refractivity contribution is 6.00. The van der Waals surface area contributed by atoms with E-state index in [4.69, 9.17) is 9.47 Å². The van der Waals surface area contributed by atoms with Crippen molar-refractivity contribution in [1.29, 1.82) is 0 Å². The number of nitrogens with one attached hydrogen (secondary N) is 3. The van der Waals surface area contributed by atoms with E-state index in [-0.39, 0.29) is 16.9 Å². The third-order valence-electron chi connectivity index (χ3n) is 5.64. The molecule has 3 amide bonds. The molecule has 2 aromatic heterocycles. The van der Waals surface area contributed by atoms with Crippen LogP contribution in [0.3, 0.4) is 0 Å². The van der Waals surface area contributed by atoms with Crippen LogP contribution in [0.4, 0.5) is 34.1 Å². The number of amides is 3. The Morgan fingerprint density at radius 2 is 1.71 bits per heavy atom. The third-order valence-corrected chi connectivity index (χ3v) is 5.64. The number of anilines is 2. The Labute approximate surface area is 236 Å². The van der Waals surface area contributed by atoms with Crippen LogP contribution in [0, 0.1) is 13.8 Å². The number of carbonyl (C=O) groups is 2. The molecule has 0 spiro atoms. The van der Waals surface area contributed by atoms with E-state index in [0.29, 0.717) is 29.4 Å². The first-order chi connectivity index (χ1) is 19.1. The maximum absolute atomic E-state index is 13.9. The van der Waals surface area contributed by atoms with E-state index in [0.717, 1.165) is 11.8 Å². The van der Waals surface area contributed by atoms with E-state index in [9.17, 15) is 22.8 Å². The number of urea groups is 1. The number of halogens is 3. The van der Waals surface area contributed by atoms with Gasteiger partial charge in [-0.2, -0.15) is 13.2 Å². The number of hydrogen-bond donors (Lipinski definition) is 3. The van der Waals surface area contributed by atoms with Crippen LogP contribution in [-0.2, 0) is 10.9 Å². The maximum Gasteiger partial charge on any atom is 0.416 e. The predicted octanol–water partition coefficient (Wildman–Crippen LogP) is 6.80. The molecule has 0 bridgehead atoms. The summed E-state index contributed by atoms with van der Waals surface area (Å²) in [5, 5.41) is 7.36. The molecule has 1 unspecified atom stereocenters. The number of alkyl halides is 3. The third kappa shape index (κ3) is 8.53. The van der Waals surface area contributed by atoms with Crippen LogP contribution in [0.2, 0.25) is 0 Å². The highest BCUT2D eigenvalue weighted by atomic mass is 19.4. The van der Waals surface area contributed by atoms with Crippen molar-refractivity contribution >= 4 is 23.5 Å². The normalized spacial score (nSPS) is 12.3. The van der Waals surface area contributed by atoms with E-state index in [1.807, 2.05) is 13.8 Å². The minimum Gasteiger partial charge on any atom is -0.492 e. The molecule has 3 aromatic rings. The number of alkyl carbamates (subject to hydrolysis) is 1. The van der Waals surface area contributed by atoms with Crippen LogP contribution in [0.15, 0.2) is 36.7 Å². The summed E-state index contributed by atoms with van der Waals surface area (Å²) in [6, 6.07) is 3.26. The molecular weight excluding hydrogens is 541 g/mol. The average Bonchev–Trinajstić information content (AvgIpc) is 2.85.